The van der Waals surface area contributed by atoms with Gasteiger partial charge in [0.1, 0.15) is 0 Å². The molecule has 1 aromatic carbocycles. The summed E-state index contributed by atoms with van der Waals surface area (Å²) in [5, 5.41) is 3.51. The molecule has 0 saturated carbocycles. The lowest BCUT2D eigenvalue weighted by atomic mass is 9.86. The number of hydrogen-bond donors (Lipinski definition) is 2. The monoisotopic (exact) mass is 284 g/mol. The molecule has 1 aromatic rings. The Hall–Kier alpha value is -1.13. The van der Waals surface area contributed by atoms with Crippen molar-refractivity contribution in [2.75, 3.05) is 0 Å². The van der Waals surface area contributed by atoms with Crippen LogP contribution < -0.4 is 11.1 Å². The zero-order valence-electron chi connectivity index (χ0n) is 10.5. The Morgan fingerprint density at radius 1 is 1.44 bits per heavy atom. The van der Waals surface area contributed by atoms with Gasteiger partial charge in [0.05, 0.1) is 10.4 Å². The topological polar surface area (TPSA) is 55.1 Å². The molecule has 3 N–H and O–H groups in total. The molecule has 18 heavy (non-hydrogen) atoms. The third-order valence-corrected chi connectivity index (χ3v) is 3.82. The molecule has 0 aromatic heterocycles. The Morgan fingerprint density at radius 3 is 2.44 bits per heavy atom. The zero-order chi connectivity index (χ0) is 13.8. The highest BCUT2D eigenvalue weighted by Crippen LogP contribution is 2.22. The third-order valence-electron chi connectivity index (χ3n) is 3.12. The van der Waals surface area contributed by atoms with Crippen molar-refractivity contribution in [3.05, 3.63) is 34.9 Å². The summed E-state index contributed by atoms with van der Waals surface area (Å²) in [6.07, 6.45) is 0.578. The fraction of sp³-hybridized carbons (Fsp3) is 0.385. The second-order valence-electron chi connectivity index (χ2n) is 4.36. The van der Waals surface area contributed by atoms with Crippen LogP contribution in [0.3, 0.4) is 0 Å². The zero-order valence-corrected chi connectivity index (χ0v) is 12.1. The fourth-order valence-electron chi connectivity index (χ4n) is 1.43. The van der Waals surface area contributed by atoms with E-state index in [0.29, 0.717) is 18.0 Å². The number of nitrogens with two attached hydrogens (primary N) is 1. The Bertz CT molecular complexity index is 447. The minimum Gasteiger partial charge on any atom is -0.392 e. The van der Waals surface area contributed by atoms with Gasteiger partial charge in [-0.1, -0.05) is 42.9 Å². The summed E-state index contributed by atoms with van der Waals surface area (Å²) < 4.78 is 0. The van der Waals surface area contributed by atoms with Gasteiger partial charge in [-0.05, 0) is 31.0 Å². The van der Waals surface area contributed by atoms with E-state index in [-0.39, 0.29) is 10.9 Å². The van der Waals surface area contributed by atoms with Crippen LogP contribution in [-0.4, -0.2) is 10.9 Å². The molecule has 0 heterocycles. The first-order valence-corrected chi connectivity index (χ1v) is 6.51. The molecular weight excluding hydrogens is 268 g/mol. The van der Waals surface area contributed by atoms with Gasteiger partial charge in [-0.2, -0.15) is 0 Å². The van der Waals surface area contributed by atoms with Crippen LogP contribution >= 0.6 is 23.8 Å². The van der Waals surface area contributed by atoms with Crippen molar-refractivity contribution in [3.63, 3.8) is 0 Å². The maximum Gasteiger partial charge on any atom is 0.233 e. The van der Waals surface area contributed by atoms with E-state index in [1.54, 1.807) is 19.1 Å². The summed E-state index contributed by atoms with van der Waals surface area (Å²) in [6, 6.07) is 7.31. The number of nitrogens with one attached hydrogen (secondary N) is 1. The molecule has 0 bridgehead atoms. The maximum absolute atomic E-state index is 12.1. The molecule has 0 saturated heterocycles. The van der Waals surface area contributed by atoms with Crippen LogP contribution in [0.4, 0.5) is 0 Å². The summed E-state index contributed by atoms with van der Waals surface area (Å²) in [4.78, 5) is 12.3. The van der Waals surface area contributed by atoms with E-state index in [1.807, 2.05) is 19.1 Å². The Morgan fingerprint density at radius 2 is 2.00 bits per heavy atom. The molecule has 0 aliphatic heterocycles. The number of benzene rings is 1. The second-order valence-corrected chi connectivity index (χ2v) is 5.24. The van der Waals surface area contributed by atoms with Crippen molar-refractivity contribution in [1.29, 1.82) is 0 Å². The number of halogens is 1. The molecule has 0 aliphatic rings. The minimum absolute atomic E-state index is 0.146. The number of carbonyl (C=O) groups excluding carboxylic acids is 1. The lowest BCUT2D eigenvalue weighted by Gasteiger charge is -2.25. The van der Waals surface area contributed by atoms with Crippen LogP contribution in [0.2, 0.25) is 5.02 Å². The maximum atomic E-state index is 12.1. The van der Waals surface area contributed by atoms with Gasteiger partial charge in [0, 0.05) is 11.6 Å². The predicted octanol–water partition coefficient (Wildman–Crippen LogP) is 2.66. The van der Waals surface area contributed by atoms with Crippen molar-refractivity contribution >= 4 is 34.7 Å². The molecule has 0 aliphatic carbocycles. The molecule has 1 atom stereocenters. The SMILES string of the molecule is CCC(C)(C(=O)NCc1ccc(Cl)cc1)C(N)=S. The molecule has 5 heteroatoms. The molecule has 0 fully saturated rings. The Balaban J connectivity index is 2.66. The highest BCUT2D eigenvalue weighted by Gasteiger charge is 2.34. The van der Waals surface area contributed by atoms with E-state index in [2.05, 4.69) is 5.32 Å². The second kappa shape index (κ2) is 6.16. The van der Waals surface area contributed by atoms with E-state index in [4.69, 9.17) is 29.6 Å². The van der Waals surface area contributed by atoms with E-state index >= 15 is 0 Å². The van der Waals surface area contributed by atoms with Gasteiger partial charge < -0.3 is 11.1 Å². The average Bonchev–Trinajstić information content (AvgIpc) is 2.36. The van der Waals surface area contributed by atoms with E-state index < -0.39 is 5.41 Å². The van der Waals surface area contributed by atoms with E-state index in [9.17, 15) is 4.79 Å². The molecule has 0 radical (unpaired) electrons. The first-order chi connectivity index (χ1) is 8.40. The van der Waals surface area contributed by atoms with Gasteiger partial charge in [-0.15, -0.1) is 0 Å². The molecule has 0 spiro atoms. The molecular formula is C13H17ClN2OS. The van der Waals surface area contributed by atoms with E-state index in [1.165, 1.54) is 0 Å². The summed E-state index contributed by atoms with van der Waals surface area (Å²) in [5.41, 5.74) is 5.82. The molecule has 98 valence electrons. The largest absolute Gasteiger partial charge is 0.392 e. The first-order valence-electron chi connectivity index (χ1n) is 5.73. The minimum atomic E-state index is -0.790. The van der Waals surface area contributed by atoms with Crippen LogP contribution in [0.5, 0.6) is 0 Å². The van der Waals surface area contributed by atoms with Crippen molar-refractivity contribution in [1.82, 2.24) is 5.32 Å². The highest BCUT2D eigenvalue weighted by atomic mass is 35.5. The van der Waals surface area contributed by atoms with E-state index in [0.717, 1.165) is 5.56 Å². The smallest absolute Gasteiger partial charge is 0.233 e. The summed E-state index contributed by atoms with van der Waals surface area (Å²) in [7, 11) is 0. The van der Waals surface area contributed by atoms with Crippen LogP contribution in [-0.2, 0) is 11.3 Å². The van der Waals surface area contributed by atoms with Crippen molar-refractivity contribution in [2.24, 2.45) is 11.1 Å². The Labute approximate surface area is 118 Å². The van der Waals surface area contributed by atoms with Crippen LogP contribution in [0.15, 0.2) is 24.3 Å². The van der Waals surface area contributed by atoms with Crippen molar-refractivity contribution in [3.8, 4) is 0 Å². The van der Waals surface area contributed by atoms with Gasteiger partial charge in [0.25, 0.3) is 0 Å². The van der Waals surface area contributed by atoms with Gasteiger partial charge in [-0.25, -0.2) is 0 Å². The van der Waals surface area contributed by atoms with Gasteiger partial charge in [0.15, 0.2) is 0 Å². The highest BCUT2D eigenvalue weighted by molar-refractivity contribution is 7.80. The number of carbonyl (C=O) groups is 1. The number of amides is 1. The predicted molar refractivity (Wildman–Crippen MR) is 78.5 cm³/mol. The summed E-state index contributed by atoms with van der Waals surface area (Å²) >= 11 is 10.7. The fourth-order valence-corrected chi connectivity index (χ4v) is 1.79. The summed E-state index contributed by atoms with van der Waals surface area (Å²) in [5.74, 6) is -0.146. The van der Waals surface area contributed by atoms with Crippen molar-refractivity contribution in [2.45, 2.75) is 26.8 Å². The number of hydrogen-bond acceptors (Lipinski definition) is 2. The Kier molecular flexibility index (Phi) is 5.11. The standard InChI is InChI=1S/C13H17ClN2OS/c1-3-13(2,11(15)18)12(17)16-8-9-4-6-10(14)7-5-9/h4-7H,3,8H2,1-2H3,(H2,15,18)(H,16,17). The van der Waals surface area contributed by atoms with Crippen LogP contribution in [0.1, 0.15) is 25.8 Å². The molecule has 1 rings (SSSR count). The summed E-state index contributed by atoms with van der Waals surface area (Å²) in [6.45, 7) is 4.09. The molecule has 3 nitrogen and oxygen atoms in total. The lowest BCUT2D eigenvalue weighted by molar-refractivity contribution is -0.127. The normalized spacial score (nSPS) is 13.7. The average molecular weight is 285 g/mol. The quantitative estimate of drug-likeness (QED) is 0.818. The van der Waals surface area contributed by atoms with Gasteiger partial charge in [-0.3, -0.25) is 4.79 Å². The van der Waals surface area contributed by atoms with Crippen molar-refractivity contribution < 1.29 is 4.79 Å². The van der Waals surface area contributed by atoms with Gasteiger partial charge in [0.2, 0.25) is 5.91 Å². The van der Waals surface area contributed by atoms with Crippen LogP contribution in [0, 0.1) is 5.41 Å². The van der Waals surface area contributed by atoms with Crippen LogP contribution in [0.25, 0.3) is 0 Å². The molecule has 1 unspecified atom stereocenters. The van der Waals surface area contributed by atoms with Gasteiger partial charge >= 0.3 is 0 Å². The third kappa shape index (κ3) is 3.43. The molecule has 1 amide bonds. The first kappa shape index (κ1) is 14.9. The number of thiocarbonyl (C=S) groups is 1. The number of rotatable bonds is 5. The lowest BCUT2D eigenvalue weighted by Crippen LogP contribution is -2.46.